The van der Waals surface area contributed by atoms with Gasteiger partial charge in [-0.1, -0.05) is 24.6 Å². The first kappa shape index (κ1) is 21.2. The smallest absolute Gasteiger partial charge is 0.230 e. The number of carbonyl (C=O) groups excluding carboxylic acids is 2. The first-order valence-electron chi connectivity index (χ1n) is 9.89. The highest BCUT2D eigenvalue weighted by Gasteiger charge is 2.16. The van der Waals surface area contributed by atoms with E-state index in [4.69, 9.17) is 4.74 Å². The van der Waals surface area contributed by atoms with Crippen molar-refractivity contribution in [3.05, 3.63) is 30.6 Å². The van der Waals surface area contributed by atoms with Gasteiger partial charge in [-0.15, -0.1) is 10.2 Å². The number of nitrogens with one attached hydrogen (secondary N) is 1. The maximum atomic E-state index is 12.3. The third kappa shape index (κ3) is 6.22. The fourth-order valence-corrected chi connectivity index (χ4v) is 3.97. The van der Waals surface area contributed by atoms with E-state index in [1.165, 1.54) is 24.6 Å². The van der Waals surface area contributed by atoms with Crippen molar-refractivity contribution in [2.24, 2.45) is 0 Å². The first-order chi connectivity index (χ1) is 14.2. The zero-order valence-corrected chi connectivity index (χ0v) is 17.5. The Balaban J connectivity index is 1.43. The van der Waals surface area contributed by atoms with Gasteiger partial charge >= 0.3 is 0 Å². The van der Waals surface area contributed by atoms with Crippen LogP contribution in [0.3, 0.4) is 0 Å². The standard InChI is InChI=1S/C20H27N5O3S/c1-28-17-8-6-16(7-9-17)25-15-22-23-20(25)29-14-18(26)21-11-10-19(27)24-12-4-2-3-5-13-24/h6-9,15H,2-5,10-14H2,1H3,(H,21,26). The first-order valence-corrected chi connectivity index (χ1v) is 10.9. The minimum atomic E-state index is -0.122. The summed E-state index contributed by atoms with van der Waals surface area (Å²) in [5.74, 6) is 0.986. The molecule has 0 radical (unpaired) electrons. The maximum absolute atomic E-state index is 12.3. The van der Waals surface area contributed by atoms with E-state index in [1.54, 1.807) is 13.4 Å². The lowest BCUT2D eigenvalue weighted by Gasteiger charge is -2.20. The molecule has 3 rings (SSSR count). The number of carbonyl (C=O) groups is 2. The van der Waals surface area contributed by atoms with Gasteiger partial charge in [-0.3, -0.25) is 14.2 Å². The number of ether oxygens (including phenoxy) is 1. The van der Waals surface area contributed by atoms with Gasteiger partial charge in [0, 0.05) is 31.7 Å². The molecule has 2 heterocycles. The number of aromatic nitrogens is 3. The van der Waals surface area contributed by atoms with Gasteiger partial charge in [0.1, 0.15) is 12.1 Å². The molecule has 2 aromatic rings. The van der Waals surface area contributed by atoms with E-state index in [-0.39, 0.29) is 17.6 Å². The zero-order chi connectivity index (χ0) is 20.5. The van der Waals surface area contributed by atoms with E-state index in [9.17, 15) is 9.59 Å². The Kier molecular flexibility index (Phi) is 7.92. The largest absolute Gasteiger partial charge is 0.497 e. The molecule has 8 nitrogen and oxygen atoms in total. The minimum Gasteiger partial charge on any atom is -0.497 e. The molecule has 1 aliphatic rings. The van der Waals surface area contributed by atoms with Crippen LogP contribution in [0.15, 0.2) is 35.7 Å². The third-order valence-electron chi connectivity index (χ3n) is 4.82. The van der Waals surface area contributed by atoms with E-state index in [0.29, 0.717) is 18.1 Å². The minimum absolute atomic E-state index is 0.122. The number of hydrogen-bond donors (Lipinski definition) is 1. The highest BCUT2D eigenvalue weighted by atomic mass is 32.2. The van der Waals surface area contributed by atoms with Crippen LogP contribution in [0.4, 0.5) is 0 Å². The van der Waals surface area contributed by atoms with Crippen molar-refractivity contribution >= 4 is 23.6 Å². The second kappa shape index (κ2) is 10.8. The van der Waals surface area contributed by atoms with Crippen LogP contribution < -0.4 is 10.1 Å². The molecule has 1 aliphatic heterocycles. The third-order valence-corrected chi connectivity index (χ3v) is 5.76. The van der Waals surface area contributed by atoms with Gasteiger partial charge in [0.05, 0.1) is 12.9 Å². The molecule has 0 aliphatic carbocycles. The Morgan fingerprint density at radius 1 is 1.14 bits per heavy atom. The van der Waals surface area contributed by atoms with Crippen molar-refractivity contribution in [3.8, 4) is 11.4 Å². The van der Waals surface area contributed by atoms with Gasteiger partial charge in [-0.2, -0.15) is 0 Å². The molecule has 29 heavy (non-hydrogen) atoms. The molecular weight excluding hydrogens is 390 g/mol. The summed E-state index contributed by atoms with van der Waals surface area (Å²) in [6, 6.07) is 7.52. The van der Waals surface area contributed by atoms with Crippen molar-refractivity contribution in [2.75, 3.05) is 32.5 Å². The summed E-state index contributed by atoms with van der Waals surface area (Å²) >= 11 is 1.31. The van der Waals surface area contributed by atoms with Crippen LogP contribution in [-0.4, -0.2) is 64.0 Å². The van der Waals surface area contributed by atoms with E-state index < -0.39 is 0 Å². The summed E-state index contributed by atoms with van der Waals surface area (Å²) in [6.07, 6.45) is 6.49. The van der Waals surface area contributed by atoms with Crippen molar-refractivity contribution < 1.29 is 14.3 Å². The van der Waals surface area contributed by atoms with Crippen LogP contribution in [-0.2, 0) is 9.59 Å². The van der Waals surface area contributed by atoms with Crippen molar-refractivity contribution in [1.29, 1.82) is 0 Å². The quantitative estimate of drug-likeness (QED) is 0.663. The predicted molar refractivity (Wildman–Crippen MR) is 111 cm³/mol. The van der Waals surface area contributed by atoms with E-state index in [1.807, 2.05) is 33.7 Å². The fraction of sp³-hybridized carbons (Fsp3) is 0.500. The molecule has 1 N–H and O–H groups in total. The van der Waals surface area contributed by atoms with Crippen LogP contribution in [0.2, 0.25) is 0 Å². The SMILES string of the molecule is COc1ccc(-n2cnnc2SCC(=O)NCCC(=O)N2CCCCCC2)cc1. The summed E-state index contributed by atoms with van der Waals surface area (Å²) in [5.41, 5.74) is 0.891. The number of methoxy groups -OCH3 is 1. The average Bonchev–Trinajstić information content (AvgIpc) is 3.04. The van der Waals surface area contributed by atoms with Gasteiger partial charge in [-0.05, 0) is 37.1 Å². The second-order valence-electron chi connectivity index (χ2n) is 6.87. The lowest BCUT2D eigenvalue weighted by atomic mass is 10.2. The zero-order valence-electron chi connectivity index (χ0n) is 16.7. The Bertz CT molecular complexity index is 801. The maximum Gasteiger partial charge on any atom is 0.230 e. The van der Waals surface area contributed by atoms with Crippen LogP contribution in [0.25, 0.3) is 5.69 Å². The van der Waals surface area contributed by atoms with Crippen molar-refractivity contribution in [1.82, 2.24) is 25.0 Å². The van der Waals surface area contributed by atoms with Crippen molar-refractivity contribution in [3.63, 3.8) is 0 Å². The highest BCUT2D eigenvalue weighted by molar-refractivity contribution is 7.99. The van der Waals surface area contributed by atoms with E-state index >= 15 is 0 Å². The monoisotopic (exact) mass is 417 g/mol. The van der Waals surface area contributed by atoms with Crippen LogP contribution in [0, 0.1) is 0 Å². The Morgan fingerprint density at radius 2 is 1.86 bits per heavy atom. The molecule has 9 heteroatoms. The summed E-state index contributed by atoms with van der Waals surface area (Å²) in [7, 11) is 1.62. The Labute approximate surface area is 175 Å². The molecule has 0 saturated carbocycles. The number of nitrogens with zero attached hydrogens (tertiary/aromatic N) is 4. The second-order valence-corrected chi connectivity index (χ2v) is 7.81. The van der Waals surface area contributed by atoms with E-state index in [0.717, 1.165) is 37.4 Å². The topological polar surface area (TPSA) is 89.3 Å². The summed E-state index contributed by atoms with van der Waals surface area (Å²) in [4.78, 5) is 26.3. The molecule has 1 saturated heterocycles. The number of rotatable bonds is 8. The molecule has 0 spiro atoms. The highest BCUT2D eigenvalue weighted by Crippen LogP contribution is 2.21. The number of likely N-dealkylation sites (tertiary alicyclic amines) is 1. The number of thioether (sulfide) groups is 1. The lowest BCUT2D eigenvalue weighted by molar-refractivity contribution is -0.131. The normalized spacial score (nSPS) is 14.3. The molecule has 1 aromatic carbocycles. The predicted octanol–water partition coefficient (Wildman–Crippen LogP) is 2.28. The number of benzene rings is 1. The van der Waals surface area contributed by atoms with Gasteiger partial charge in [0.25, 0.3) is 0 Å². The molecule has 1 aromatic heterocycles. The van der Waals surface area contributed by atoms with Gasteiger partial charge < -0.3 is 15.0 Å². The molecule has 0 bridgehead atoms. The molecular formula is C20H27N5O3S. The van der Waals surface area contributed by atoms with Crippen molar-refractivity contribution in [2.45, 2.75) is 37.3 Å². The van der Waals surface area contributed by atoms with Gasteiger partial charge in [0.2, 0.25) is 11.8 Å². The molecule has 0 atom stereocenters. The van der Waals surface area contributed by atoms with Gasteiger partial charge in [0.15, 0.2) is 5.16 Å². The summed E-state index contributed by atoms with van der Waals surface area (Å²) in [5, 5.41) is 11.5. The fourth-order valence-electron chi connectivity index (χ4n) is 3.21. The lowest BCUT2D eigenvalue weighted by Crippen LogP contribution is -2.35. The molecule has 1 fully saturated rings. The summed E-state index contributed by atoms with van der Waals surface area (Å²) < 4.78 is 6.99. The Hall–Kier alpha value is -2.55. The van der Waals surface area contributed by atoms with E-state index in [2.05, 4.69) is 15.5 Å². The summed E-state index contributed by atoms with van der Waals surface area (Å²) in [6.45, 7) is 2.03. The molecule has 0 unspecified atom stereocenters. The average molecular weight is 418 g/mol. The Morgan fingerprint density at radius 3 is 2.55 bits per heavy atom. The van der Waals surface area contributed by atoms with Crippen LogP contribution in [0.1, 0.15) is 32.1 Å². The van der Waals surface area contributed by atoms with Crippen LogP contribution in [0.5, 0.6) is 5.75 Å². The number of amides is 2. The van der Waals surface area contributed by atoms with Gasteiger partial charge in [-0.25, -0.2) is 0 Å². The van der Waals surface area contributed by atoms with Crippen LogP contribution >= 0.6 is 11.8 Å². The molecule has 156 valence electrons. The number of hydrogen-bond acceptors (Lipinski definition) is 6. The molecule has 2 amide bonds.